The van der Waals surface area contributed by atoms with Crippen LogP contribution in [-0.2, 0) is 9.47 Å². The van der Waals surface area contributed by atoms with Crippen LogP contribution >= 0.6 is 0 Å². The highest BCUT2D eigenvalue weighted by Gasteiger charge is 2.26. The maximum absolute atomic E-state index is 12.0. The highest BCUT2D eigenvalue weighted by atomic mass is 16.6. The summed E-state index contributed by atoms with van der Waals surface area (Å²) in [5.41, 5.74) is -0.421. The van der Waals surface area contributed by atoms with Crippen LogP contribution in [0.5, 0.6) is 0 Å². The van der Waals surface area contributed by atoms with Gasteiger partial charge in [-0.3, -0.25) is 0 Å². The van der Waals surface area contributed by atoms with Gasteiger partial charge in [-0.15, -0.1) is 0 Å². The van der Waals surface area contributed by atoms with Crippen LogP contribution in [-0.4, -0.2) is 36.3 Å². The number of furan rings is 1. The normalized spacial score (nSPS) is 17.8. The highest BCUT2D eigenvalue weighted by Crippen LogP contribution is 2.24. The molecule has 0 spiro atoms. The molecule has 0 aliphatic carbocycles. The van der Waals surface area contributed by atoms with E-state index in [1.807, 2.05) is 44.7 Å². The van der Waals surface area contributed by atoms with Crippen molar-refractivity contribution in [3.8, 4) is 0 Å². The second-order valence-corrected chi connectivity index (χ2v) is 7.58. The molecule has 0 unspecified atom stereocenters. The van der Waals surface area contributed by atoms with Crippen LogP contribution in [0.2, 0.25) is 0 Å². The predicted molar refractivity (Wildman–Crippen MR) is 92.8 cm³/mol. The number of likely N-dealkylation sites (tertiary alicyclic amines) is 1. The Balaban J connectivity index is 1.59. The Morgan fingerprint density at radius 2 is 2.08 bits per heavy atom. The standard InChI is InChI=1S/C19H31NO4/c1-15(17-8-6-14-23-17)22-13-5-7-16-9-11-20(12-10-16)18(21)24-19(2,3)4/h6,8,14-16H,5,7,9-13H2,1-4H3/t15-/m0/s1. The first-order valence-corrected chi connectivity index (χ1v) is 8.98. The Morgan fingerprint density at radius 3 is 2.67 bits per heavy atom. The molecule has 1 atom stereocenters. The van der Waals surface area contributed by atoms with E-state index in [1.54, 1.807) is 6.26 Å². The molecule has 0 bridgehead atoms. The summed E-state index contributed by atoms with van der Waals surface area (Å²) in [4.78, 5) is 13.9. The van der Waals surface area contributed by atoms with E-state index >= 15 is 0 Å². The lowest BCUT2D eigenvalue weighted by Crippen LogP contribution is -2.41. The molecule has 1 aromatic rings. The van der Waals surface area contributed by atoms with Gasteiger partial charge in [-0.1, -0.05) is 0 Å². The Labute approximate surface area is 145 Å². The fourth-order valence-corrected chi connectivity index (χ4v) is 2.97. The van der Waals surface area contributed by atoms with Gasteiger partial charge in [0.2, 0.25) is 0 Å². The summed E-state index contributed by atoms with van der Waals surface area (Å²) < 4.78 is 16.6. The molecule has 1 aliphatic heterocycles. The molecule has 0 aromatic carbocycles. The summed E-state index contributed by atoms with van der Waals surface area (Å²) >= 11 is 0. The Hall–Kier alpha value is -1.49. The van der Waals surface area contributed by atoms with E-state index in [9.17, 15) is 4.79 Å². The molecule has 1 fully saturated rings. The quantitative estimate of drug-likeness (QED) is 0.701. The molecule has 24 heavy (non-hydrogen) atoms. The van der Waals surface area contributed by atoms with Crippen LogP contribution < -0.4 is 0 Å². The average molecular weight is 337 g/mol. The van der Waals surface area contributed by atoms with Crippen molar-refractivity contribution in [3.05, 3.63) is 24.2 Å². The zero-order valence-corrected chi connectivity index (χ0v) is 15.4. The van der Waals surface area contributed by atoms with Crippen molar-refractivity contribution in [1.29, 1.82) is 0 Å². The molecule has 0 saturated carbocycles. The van der Waals surface area contributed by atoms with Gasteiger partial charge in [-0.2, -0.15) is 0 Å². The molecule has 1 aliphatic rings. The van der Waals surface area contributed by atoms with Gasteiger partial charge in [0.25, 0.3) is 0 Å². The van der Waals surface area contributed by atoms with Gasteiger partial charge in [0.05, 0.1) is 6.26 Å². The van der Waals surface area contributed by atoms with E-state index in [1.165, 1.54) is 0 Å². The van der Waals surface area contributed by atoms with Crippen molar-refractivity contribution in [2.75, 3.05) is 19.7 Å². The van der Waals surface area contributed by atoms with Gasteiger partial charge in [-0.25, -0.2) is 4.79 Å². The van der Waals surface area contributed by atoms with Crippen LogP contribution in [0.4, 0.5) is 4.79 Å². The fourth-order valence-electron chi connectivity index (χ4n) is 2.97. The Morgan fingerprint density at radius 1 is 1.38 bits per heavy atom. The number of hydrogen-bond acceptors (Lipinski definition) is 4. The molecular formula is C19H31NO4. The van der Waals surface area contributed by atoms with Gasteiger partial charge >= 0.3 is 6.09 Å². The summed E-state index contributed by atoms with van der Waals surface area (Å²) in [6, 6.07) is 3.82. The molecule has 1 aromatic heterocycles. The number of hydrogen-bond donors (Lipinski definition) is 0. The molecule has 0 N–H and O–H groups in total. The lowest BCUT2D eigenvalue weighted by Gasteiger charge is -2.33. The highest BCUT2D eigenvalue weighted by molar-refractivity contribution is 5.68. The lowest BCUT2D eigenvalue weighted by molar-refractivity contribution is 0.0166. The van der Waals surface area contributed by atoms with Crippen LogP contribution in [0.3, 0.4) is 0 Å². The number of nitrogens with zero attached hydrogens (tertiary/aromatic N) is 1. The molecule has 5 nitrogen and oxygen atoms in total. The van der Waals surface area contributed by atoms with Crippen LogP contribution in [0.25, 0.3) is 0 Å². The first kappa shape index (κ1) is 18.8. The molecule has 5 heteroatoms. The van der Waals surface area contributed by atoms with Gasteiger partial charge in [-0.05, 0) is 71.4 Å². The average Bonchev–Trinajstić information content (AvgIpc) is 3.04. The summed E-state index contributed by atoms with van der Waals surface area (Å²) in [7, 11) is 0. The van der Waals surface area contributed by atoms with Gasteiger partial charge in [0.1, 0.15) is 17.5 Å². The van der Waals surface area contributed by atoms with Crippen molar-refractivity contribution < 1.29 is 18.7 Å². The number of carbonyl (C=O) groups excluding carboxylic acids is 1. The number of ether oxygens (including phenoxy) is 2. The topological polar surface area (TPSA) is 51.9 Å². The Bertz CT molecular complexity index is 484. The molecule has 2 heterocycles. The molecule has 1 saturated heterocycles. The number of rotatable bonds is 6. The summed E-state index contributed by atoms with van der Waals surface area (Å²) in [6.45, 7) is 10.1. The maximum Gasteiger partial charge on any atom is 0.410 e. The minimum atomic E-state index is -0.421. The van der Waals surface area contributed by atoms with Crippen molar-refractivity contribution in [1.82, 2.24) is 4.90 Å². The maximum atomic E-state index is 12.0. The third kappa shape index (κ3) is 6.19. The number of amides is 1. The molecule has 2 rings (SSSR count). The molecule has 136 valence electrons. The molecular weight excluding hydrogens is 306 g/mol. The van der Waals surface area contributed by atoms with Gasteiger partial charge in [0, 0.05) is 19.7 Å². The lowest BCUT2D eigenvalue weighted by atomic mass is 9.92. The van der Waals surface area contributed by atoms with E-state index in [4.69, 9.17) is 13.9 Å². The number of piperidine rings is 1. The minimum Gasteiger partial charge on any atom is -0.467 e. The Kier molecular flexibility index (Phi) is 6.72. The largest absolute Gasteiger partial charge is 0.467 e. The van der Waals surface area contributed by atoms with Crippen molar-refractivity contribution in [2.24, 2.45) is 5.92 Å². The molecule has 0 radical (unpaired) electrons. The van der Waals surface area contributed by atoms with Crippen molar-refractivity contribution in [2.45, 2.75) is 65.1 Å². The SMILES string of the molecule is C[C@H](OCCCC1CCN(C(=O)OC(C)(C)C)CC1)c1ccco1. The first-order chi connectivity index (χ1) is 11.3. The summed E-state index contributed by atoms with van der Waals surface area (Å²) in [5, 5.41) is 0. The van der Waals surface area contributed by atoms with E-state index in [0.717, 1.165) is 51.1 Å². The van der Waals surface area contributed by atoms with E-state index in [0.29, 0.717) is 5.92 Å². The molecule has 1 amide bonds. The summed E-state index contributed by atoms with van der Waals surface area (Å²) in [6.07, 6.45) is 5.79. The van der Waals surface area contributed by atoms with E-state index in [2.05, 4.69) is 0 Å². The zero-order valence-electron chi connectivity index (χ0n) is 15.4. The summed E-state index contributed by atoms with van der Waals surface area (Å²) in [5.74, 6) is 1.55. The van der Waals surface area contributed by atoms with Gasteiger partial charge in [0.15, 0.2) is 0 Å². The van der Waals surface area contributed by atoms with E-state index < -0.39 is 5.60 Å². The second-order valence-electron chi connectivity index (χ2n) is 7.58. The van der Waals surface area contributed by atoms with Gasteiger partial charge < -0.3 is 18.8 Å². The smallest absolute Gasteiger partial charge is 0.410 e. The van der Waals surface area contributed by atoms with Crippen molar-refractivity contribution >= 4 is 6.09 Å². The van der Waals surface area contributed by atoms with Crippen LogP contribution in [0, 0.1) is 5.92 Å². The third-order valence-corrected chi connectivity index (χ3v) is 4.33. The van der Waals surface area contributed by atoms with Crippen molar-refractivity contribution in [3.63, 3.8) is 0 Å². The third-order valence-electron chi connectivity index (χ3n) is 4.33. The first-order valence-electron chi connectivity index (χ1n) is 8.98. The van der Waals surface area contributed by atoms with Crippen LogP contribution in [0.15, 0.2) is 22.8 Å². The fraction of sp³-hybridized carbons (Fsp3) is 0.737. The predicted octanol–water partition coefficient (Wildman–Crippen LogP) is 4.78. The van der Waals surface area contributed by atoms with E-state index in [-0.39, 0.29) is 12.2 Å². The second kappa shape index (κ2) is 8.56. The minimum absolute atomic E-state index is 0.00835. The van der Waals surface area contributed by atoms with Crippen LogP contribution in [0.1, 0.15) is 65.2 Å². The zero-order chi connectivity index (χ0) is 17.6. The number of carbonyl (C=O) groups is 1. The monoisotopic (exact) mass is 337 g/mol.